The summed E-state index contributed by atoms with van der Waals surface area (Å²) in [5, 5.41) is 0. The minimum absolute atomic E-state index is 1.13. The molecule has 0 aromatic rings. The van der Waals surface area contributed by atoms with Crippen LogP contribution in [-0.4, -0.2) is 0 Å². The molecule has 12 heavy (non-hydrogen) atoms. The fourth-order valence-corrected chi connectivity index (χ4v) is 1.33. The monoisotopic (exact) mass is 162 g/mol. The molecule has 1 aliphatic carbocycles. The Bertz CT molecular complexity index is 194. The van der Waals surface area contributed by atoms with Crippen LogP contribution in [0.4, 0.5) is 0 Å². The summed E-state index contributed by atoms with van der Waals surface area (Å²) >= 11 is 0. The van der Waals surface area contributed by atoms with Crippen molar-refractivity contribution in [3.05, 3.63) is 36.0 Å². The van der Waals surface area contributed by atoms with Crippen LogP contribution in [0.5, 0.6) is 0 Å². The van der Waals surface area contributed by atoms with Crippen molar-refractivity contribution in [2.45, 2.75) is 39.0 Å². The maximum atomic E-state index is 2.30. The molecule has 0 N–H and O–H groups in total. The quantitative estimate of drug-likeness (QED) is 0.536. The predicted octanol–water partition coefficient (Wildman–Crippen LogP) is 4.01. The second kappa shape index (κ2) is 5.82. The molecule has 0 atom stereocenters. The van der Waals surface area contributed by atoms with E-state index in [9.17, 15) is 0 Å². The van der Waals surface area contributed by atoms with Gasteiger partial charge in [0, 0.05) is 0 Å². The Morgan fingerprint density at radius 2 is 2.33 bits per heavy atom. The second-order valence-electron chi connectivity index (χ2n) is 3.27. The van der Waals surface area contributed by atoms with Crippen LogP contribution in [-0.2, 0) is 0 Å². The number of hydrogen-bond acceptors (Lipinski definition) is 0. The van der Waals surface area contributed by atoms with Crippen molar-refractivity contribution in [3.63, 3.8) is 0 Å². The lowest BCUT2D eigenvalue weighted by Crippen LogP contribution is -1.72. The highest BCUT2D eigenvalue weighted by atomic mass is 14.0. The van der Waals surface area contributed by atoms with Crippen LogP contribution in [0.1, 0.15) is 39.0 Å². The Morgan fingerprint density at radius 1 is 1.42 bits per heavy atom. The summed E-state index contributed by atoms with van der Waals surface area (Å²) in [5.74, 6) is 0. The third-order valence-corrected chi connectivity index (χ3v) is 2.11. The zero-order chi connectivity index (χ0) is 8.65. The Kier molecular flexibility index (Phi) is 4.51. The average Bonchev–Trinajstić information content (AvgIpc) is 2.57. The number of hydrogen-bond donors (Lipinski definition) is 0. The Hall–Kier alpha value is -0.780. The van der Waals surface area contributed by atoms with Gasteiger partial charge in [0.1, 0.15) is 0 Å². The molecule has 0 aromatic heterocycles. The Balaban J connectivity index is 2.06. The van der Waals surface area contributed by atoms with E-state index in [4.69, 9.17) is 0 Å². The van der Waals surface area contributed by atoms with Crippen molar-refractivity contribution in [1.82, 2.24) is 0 Å². The second-order valence-corrected chi connectivity index (χ2v) is 3.27. The molecule has 0 amide bonds. The van der Waals surface area contributed by atoms with E-state index in [0.29, 0.717) is 0 Å². The van der Waals surface area contributed by atoms with Crippen LogP contribution >= 0.6 is 0 Å². The molecule has 0 aromatic carbocycles. The van der Waals surface area contributed by atoms with Gasteiger partial charge >= 0.3 is 0 Å². The van der Waals surface area contributed by atoms with Gasteiger partial charge in [0.05, 0.1) is 0 Å². The van der Waals surface area contributed by atoms with Crippen LogP contribution < -0.4 is 0 Å². The van der Waals surface area contributed by atoms with Crippen molar-refractivity contribution in [3.8, 4) is 0 Å². The zero-order valence-corrected chi connectivity index (χ0v) is 7.92. The number of rotatable bonds is 5. The first kappa shape index (κ1) is 9.31. The van der Waals surface area contributed by atoms with Gasteiger partial charge in [-0.05, 0) is 24.8 Å². The van der Waals surface area contributed by atoms with E-state index in [2.05, 4.69) is 37.3 Å². The summed E-state index contributed by atoms with van der Waals surface area (Å²) in [4.78, 5) is 0. The molecule has 0 aliphatic heterocycles. The first-order valence-electron chi connectivity index (χ1n) is 4.95. The molecule has 0 saturated heterocycles. The van der Waals surface area contributed by atoms with E-state index in [1.165, 1.54) is 31.3 Å². The molecule has 66 valence electrons. The molecule has 0 nitrogen and oxygen atoms in total. The molecule has 0 unspecified atom stereocenters. The summed E-state index contributed by atoms with van der Waals surface area (Å²) in [6.45, 7) is 2.24. The first-order valence-corrected chi connectivity index (χ1v) is 4.95. The predicted molar refractivity (Wildman–Crippen MR) is 55.1 cm³/mol. The molecule has 0 heteroatoms. The molecular weight excluding hydrogens is 144 g/mol. The van der Waals surface area contributed by atoms with Gasteiger partial charge in [0.15, 0.2) is 0 Å². The first-order chi connectivity index (χ1) is 5.93. The molecular formula is C12H18. The van der Waals surface area contributed by atoms with Crippen LogP contribution in [0.2, 0.25) is 0 Å². The highest BCUT2D eigenvalue weighted by Gasteiger charge is 1.92. The smallest absolute Gasteiger partial charge is 0.00944 e. The lowest BCUT2D eigenvalue weighted by Gasteiger charge is -1.92. The van der Waals surface area contributed by atoms with E-state index in [1.54, 1.807) is 0 Å². The van der Waals surface area contributed by atoms with Crippen LogP contribution in [0, 0.1) is 0 Å². The summed E-state index contributed by atoms with van der Waals surface area (Å²) in [5.41, 5.74) is 1.45. The molecule has 0 heterocycles. The van der Waals surface area contributed by atoms with Crippen molar-refractivity contribution in [2.24, 2.45) is 0 Å². The van der Waals surface area contributed by atoms with E-state index >= 15 is 0 Å². The zero-order valence-electron chi connectivity index (χ0n) is 7.92. The molecule has 0 radical (unpaired) electrons. The van der Waals surface area contributed by atoms with Gasteiger partial charge < -0.3 is 0 Å². The molecule has 0 spiro atoms. The Labute approximate surface area is 75.7 Å². The summed E-state index contributed by atoms with van der Waals surface area (Å²) in [7, 11) is 0. The Morgan fingerprint density at radius 3 is 3.00 bits per heavy atom. The third-order valence-electron chi connectivity index (χ3n) is 2.11. The molecule has 1 aliphatic rings. The fourth-order valence-electron chi connectivity index (χ4n) is 1.33. The lowest BCUT2D eigenvalue weighted by atomic mass is 10.1. The van der Waals surface area contributed by atoms with Crippen LogP contribution in [0.25, 0.3) is 0 Å². The molecule has 1 rings (SSSR count). The normalized spacial score (nSPS) is 15.9. The van der Waals surface area contributed by atoms with Crippen LogP contribution in [0.3, 0.4) is 0 Å². The SMILES string of the molecule is CCCCC/C=C\C1=CC=CC1. The van der Waals surface area contributed by atoms with Gasteiger partial charge in [-0.15, -0.1) is 0 Å². The van der Waals surface area contributed by atoms with Gasteiger partial charge in [-0.3, -0.25) is 0 Å². The van der Waals surface area contributed by atoms with Gasteiger partial charge in [-0.2, -0.15) is 0 Å². The standard InChI is InChI=1S/C12H18/c1-2-3-4-5-6-9-12-10-7-8-11-12/h6-10H,2-5,11H2,1H3/b9-6-. The lowest BCUT2D eigenvalue weighted by molar-refractivity contribution is 0.729. The average molecular weight is 162 g/mol. The maximum Gasteiger partial charge on any atom is -0.00944 e. The minimum Gasteiger partial charge on any atom is -0.0843 e. The van der Waals surface area contributed by atoms with Gasteiger partial charge in [0.2, 0.25) is 0 Å². The summed E-state index contributed by atoms with van der Waals surface area (Å²) < 4.78 is 0. The molecule has 0 bridgehead atoms. The summed E-state index contributed by atoms with van der Waals surface area (Å²) in [6.07, 6.45) is 17.5. The molecule has 0 saturated carbocycles. The van der Waals surface area contributed by atoms with E-state index < -0.39 is 0 Å². The number of unbranched alkanes of at least 4 members (excludes halogenated alkanes) is 3. The minimum atomic E-state index is 1.13. The topological polar surface area (TPSA) is 0 Å². The number of allylic oxidation sites excluding steroid dienone is 6. The van der Waals surface area contributed by atoms with E-state index in [0.717, 1.165) is 6.42 Å². The van der Waals surface area contributed by atoms with Crippen LogP contribution in [0.15, 0.2) is 36.0 Å². The van der Waals surface area contributed by atoms with Crippen molar-refractivity contribution >= 4 is 0 Å². The fraction of sp³-hybridized carbons (Fsp3) is 0.500. The summed E-state index contributed by atoms with van der Waals surface area (Å²) in [6, 6.07) is 0. The van der Waals surface area contributed by atoms with E-state index in [-0.39, 0.29) is 0 Å². The van der Waals surface area contributed by atoms with Crippen molar-refractivity contribution in [2.75, 3.05) is 0 Å². The van der Waals surface area contributed by atoms with Gasteiger partial charge in [-0.1, -0.05) is 50.1 Å². The van der Waals surface area contributed by atoms with Crippen molar-refractivity contribution < 1.29 is 0 Å². The highest BCUT2D eigenvalue weighted by Crippen LogP contribution is 2.12. The van der Waals surface area contributed by atoms with E-state index in [1.807, 2.05) is 0 Å². The third kappa shape index (κ3) is 3.56. The molecule has 0 fully saturated rings. The van der Waals surface area contributed by atoms with Crippen molar-refractivity contribution in [1.29, 1.82) is 0 Å². The van der Waals surface area contributed by atoms with Gasteiger partial charge in [-0.25, -0.2) is 0 Å². The van der Waals surface area contributed by atoms with Gasteiger partial charge in [0.25, 0.3) is 0 Å². The largest absolute Gasteiger partial charge is 0.0843 e. The maximum absolute atomic E-state index is 2.30. The highest BCUT2D eigenvalue weighted by molar-refractivity contribution is 5.31.